The molecule has 18 nitrogen and oxygen atoms in total. The number of methoxy groups -OCH3 is 1. The summed E-state index contributed by atoms with van der Waals surface area (Å²) in [4.78, 5) is 14.6. The van der Waals surface area contributed by atoms with Crippen LogP contribution in [0.2, 0.25) is 5.02 Å². The smallest absolute Gasteiger partial charge is 0.433 e. The number of rotatable bonds is 33. The van der Waals surface area contributed by atoms with Gasteiger partial charge in [-0.1, -0.05) is 23.7 Å². The summed E-state index contributed by atoms with van der Waals surface area (Å²) in [5.41, 5.74) is -2.25. The highest BCUT2D eigenvalue weighted by molar-refractivity contribution is 7.93. The normalized spacial score (nSPS) is 11.9. The van der Waals surface area contributed by atoms with E-state index in [1.54, 1.807) is 45.0 Å². The Bertz CT molecular complexity index is 2090. The zero-order valence-electron chi connectivity index (χ0n) is 38.3. The molecule has 1 aromatic heterocycles. The molecular formula is C44H60ClF3N4O14S. The molecule has 1 N–H and O–H groups in total. The molecule has 2 aromatic carbocycles. The largest absolute Gasteiger partial charge is 0.495 e. The van der Waals surface area contributed by atoms with E-state index < -0.39 is 44.0 Å². The van der Waals surface area contributed by atoms with Crippen LogP contribution in [0.4, 0.5) is 23.7 Å². The number of sulfonamides is 1. The molecule has 67 heavy (non-hydrogen) atoms. The van der Waals surface area contributed by atoms with Gasteiger partial charge in [0.05, 0.1) is 135 Å². The summed E-state index contributed by atoms with van der Waals surface area (Å²) in [5.74, 6) is 0.0792. The van der Waals surface area contributed by atoms with Crippen LogP contribution >= 0.6 is 11.6 Å². The van der Waals surface area contributed by atoms with Crippen LogP contribution in [0.3, 0.4) is 0 Å². The second kappa shape index (κ2) is 30.1. The number of anilines is 1. The molecule has 0 aliphatic carbocycles. The summed E-state index contributed by atoms with van der Waals surface area (Å²) >= 11 is 6.56. The van der Waals surface area contributed by atoms with Crippen molar-refractivity contribution in [1.29, 1.82) is 5.26 Å². The minimum absolute atomic E-state index is 0.0307. The molecule has 0 aliphatic heterocycles. The van der Waals surface area contributed by atoms with Crippen molar-refractivity contribution in [3.05, 3.63) is 64.9 Å². The average molecular weight is 993 g/mol. The number of hydrogen-bond donors (Lipinski definition) is 1. The zero-order chi connectivity index (χ0) is 49.1. The maximum absolute atomic E-state index is 14.2. The third-order valence-corrected chi connectivity index (χ3v) is 10.8. The van der Waals surface area contributed by atoms with Gasteiger partial charge in [0.15, 0.2) is 0 Å². The molecule has 0 saturated heterocycles. The number of amides is 1. The van der Waals surface area contributed by atoms with Crippen molar-refractivity contribution in [2.24, 2.45) is 0 Å². The van der Waals surface area contributed by atoms with Crippen LogP contribution in [0.5, 0.6) is 11.5 Å². The Balaban J connectivity index is 1.28. The zero-order valence-corrected chi connectivity index (χ0v) is 39.9. The maximum atomic E-state index is 14.2. The van der Waals surface area contributed by atoms with Crippen molar-refractivity contribution in [1.82, 2.24) is 10.3 Å². The number of nitrogens with one attached hydrogen (secondary N) is 1. The summed E-state index contributed by atoms with van der Waals surface area (Å²) in [6.07, 6.45) is -4.48. The lowest BCUT2D eigenvalue weighted by molar-refractivity contribution is -0.141. The van der Waals surface area contributed by atoms with Gasteiger partial charge in [0.25, 0.3) is 10.0 Å². The molecule has 0 aliphatic rings. The fourth-order valence-corrected chi connectivity index (χ4v) is 7.13. The molecule has 23 heteroatoms. The summed E-state index contributed by atoms with van der Waals surface area (Å²) in [7, 11) is -1.78. The first-order valence-corrected chi connectivity index (χ1v) is 23.0. The minimum Gasteiger partial charge on any atom is -0.495 e. The van der Waals surface area contributed by atoms with E-state index in [0.717, 1.165) is 16.6 Å². The summed E-state index contributed by atoms with van der Waals surface area (Å²) in [6.45, 7) is 11.1. The molecule has 1 amide bonds. The second-order valence-corrected chi connectivity index (χ2v) is 17.2. The Morgan fingerprint density at radius 3 is 1.67 bits per heavy atom. The first kappa shape index (κ1) is 56.8. The molecule has 0 spiro atoms. The van der Waals surface area contributed by atoms with E-state index in [9.17, 15) is 31.6 Å². The van der Waals surface area contributed by atoms with Crippen LogP contribution in [0, 0.1) is 11.3 Å². The Morgan fingerprint density at radius 1 is 0.731 bits per heavy atom. The molecule has 0 bridgehead atoms. The van der Waals surface area contributed by atoms with Crippen molar-refractivity contribution in [2.75, 3.05) is 137 Å². The average Bonchev–Trinajstić information content (AvgIpc) is 3.28. The van der Waals surface area contributed by atoms with E-state index in [1.165, 1.54) is 26.3 Å². The van der Waals surface area contributed by atoms with E-state index in [-0.39, 0.29) is 59.8 Å². The number of ether oxygens (including phenoxy) is 11. The summed E-state index contributed by atoms with van der Waals surface area (Å²) < 4.78 is 130. The fourth-order valence-electron chi connectivity index (χ4n) is 5.53. The van der Waals surface area contributed by atoms with Gasteiger partial charge in [-0.15, -0.1) is 0 Å². The highest BCUT2D eigenvalue weighted by Crippen LogP contribution is 2.41. The lowest BCUT2D eigenvalue weighted by atomic mass is 10.0. The number of carbonyl (C=O) groups excluding carboxylic acids is 1. The number of aromatic nitrogens is 1. The van der Waals surface area contributed by atoms with Gasteiger partial charge < -0.3 is 57.4 Å². The van der Waals surface area contributed by atoms with Crippen molar-refractivity contribution >= 4 is 33.4 Å². The van der Waals surface area contributed by atoms with Gasteiger partial charge in [-0.2, -0.15) is 18.4 Å². The van der Waals surface area contributed by atoms with Crippen LogP contribution in [0.1, 0.15) is 32.0 Å². The Labute approximate surface area is 394 Å². The monoisotopic (exact) mass is 992 g/mol. The predicted octanol–water partition coefficient (Wildman–Crippen LogP) is 6.16. The van der Waals surface area contributed by atoms with Crippen LogP contribution in [-0.2, 0) is 58.8 Å². The van der Waals surface area contributed by atoms with E-state index in [4.69, 9.17) is 63.7 Å². The SMILES string of the molecule is COc1ccccc1N(C)S(=O)(=O)c1cc(-c2cnc(C(F)(F)F)cc2C#N)c(Cl)cc1OCCOCCOCCOCCOCCOCCOCCOCCOCCNC(=O)OC(C)(C)C. The fraction of sp³-hybridized carbons (Fsp3) is 0.568. The topological polar surface area (TPSA) is 205 Å². The Hall–Kier alpha value is -4.54. The highest BCUT2D eigenvalue weighted by atomic mass is 35.5. The molecule has 0 unspecified atom stereocenters. The highest BCUT2D eigenvalue weighted by Gasteiger charge is 2.34. The number of para-hydroxylation sites is 2. The van der Waals surface area contributed by atoms with Gasteiger partial charge in [0.1, 0.15) is 34.3 Å². The first-order chi connectivity index (χ1) is 32.0. The number of benzene rings is 2. The molecule has 1 heterocycles. The van der Waals surface area contributed by atoms with E-state index in [2.05, 4.69) is 10.3 Å². The second-order valence-electron chi connectivity index (χ2n) is 14.8. The third kappa shape index (κ3) is 21.1. The lowest BCUT2D eigenvalue weighted by Crippen LogP contribution is -2.34. The first-order valence-electron chi connectivity index (χ1n) is 21.1. The molecule has 0 fully saturated rings. The molecule has 0 atom stereocenters. The molecule has 374 valence electrons. The predicted molar refractivity (Wildman–Crippen MR) is 239 cm³/mol. The summed E-state index contributed by atoms with van der Waals surface area (Å²) in [5, 5.41) is 12.2. The molecule has 3 aromatic rings. The quantitative estimate of drug-likeness (QED) is 0.0679. The van der Waals surface area contributed by atoms with E-state index >= 15 is 0 Å². The molecule has 0 saturated carbocycles. The Morgan fingerprint density at radius 2 is 1.21 bits per heavy atom. The number of alkyl halides is 3. The van der Waals surface area contributed by atoms with Gasteiger partial charge in [0, 0.05) is 37.0 Å². The number of pyridine rings is 1. The van der Waals surface area contributed by atoms with Crippen molar-refractivity contribution < 1.29 is 78.5 Å². The van der Waals surface area contributed by atoms with Gasteiger partial charge in [-0.05, 0) is 45.0 Å². The Kier molecular flexibility index (Phi) is 25.5. The van der Waals surface area contributed by atoms with Crippen LogP contribution < -0.4 is 19.1 Å². The van der Waals surface area contributed by atoms with Crippen molar-refractivity contribution in [3.8, 4) is 28.7 Å². The maximum Gasteiger partial charge on any atom is 0.433 e. The number of alkyl carbamates (subject to hydrolysis) is 1. The number of halogens is 4. The van der Waals surface area contributed by atoms with Crippen molar-refractivity contribution in [3.63, 3.8) is 0 Å². The van der Waals surface area contributed by atoms with Crippen LogP contribution in [0.15, 0.2) is 53.6 Å². The van der Waals surface area contributed by atoms with Crippen LogP contribution in [-0.4, -0.2) is 158 Å². The van der Waals surface area contributed by atoms with E-state index in [0.29, 0.717) is 98.5 Å². The number of nitrogens with zero attached hydrogens (tertiary/aromatic N) is 3. The molecule has 3 rings (SSSR count). The van der Waals surface area contributed by atoms with E-state index in [1.807, 2.05) is 0 Å². The van der Waals surface area contributed by atoms with Gasteiger partial charge in [-0.3, -0.25) is 9.29 Å². The standard InChI is InChI=1S/C44H60ClF3N4O14S/c1-43(2,3)66-42(53)50-10-11-57-12-13-58-14-15-59-16-17-60-18-19-61-20-21-62-22-23-63-24-25-64-26-27-65-39-30-36(45)34(35-32-51-41(44(46,47)48)28-33(35)31-49)29-40(39)67(54,55)52(4)37-8-6-7-9-38(37)56-5/h6-9,28-30,32H,10-27H2,1-5H3,(H,50,53). The number of carbonyl (C=O) groups is 1. The molecule has 0 radical (unpaired) electrons. The lowest BCUT2D eigenvalue weighted by Gasteiger charge is -2.24. The summed E-state index contributed by atoms with van der Waals surface area (Å²) in [6, 6.07) is 11.0. The molecular weight excluding hydrogens is 933 g/mol. The third-order valence-electron chi connectivity index (χ3n) is 8.71. The van der Waals surface area contributed by atoms with Gasteiger partial charge in [0.2, 0.25) is 0 Å². The minimum atomic E-state index is -4.82. The van der Waals surface area contributed by atoms with Gasteiger partial charge in [-0.25, -0.2) is 13.2 Å². The van der Waals surface area contributed by atoms with Crippen molar-refractivity contribution in [2.45, 2.75) is 37.4 Å². The van der Waals surface area contributed by atoms with Gasteiger partial charge >= 0.3 is 12.3 Å². The van der Waals surface area contributed by atoms with Crippen LogP contribution in [0.25, 0.3) is 11.1 Å². The number of nitriles is 1. The number of hydrogen-bond acceptors (Lipinski definition) is 16.